The molecule has 0 radical (unpaired) electrons. The maximum atomic E-state index is 13.3. The van der Waals surface area contributed by atoms with E-state index < -0.39 is 18.1 Å². The third-order valence-corrected chi connectivity index (χ3v) is 6.26. The lowest BCUT2D eigenvalue weighted by molar-refractivity contribution is -0.510. The van der Waals surface area contributed by atoms with Gasteiger partial charge in [-0.05, 0) is 41.1 Å². The molecule has 0 saturated carbocycles. The number of rotatable bonds is 4. The van der Waals surface area contributed by atoms with E-state index >= 15 is 0 Å². The smallest absolute Gasteiger partial charge is 0.368 e. The second-order valence-electron chi connectivity index (χ2n) is 8.20. The number of carbonyl (C=O) groups is 3. The first-order valence-corrected chi connectivity index (χ1v) is 10.9. The standard InChI is InChI=1S/C23H24FN6O3/c24-17-6-8-19(9-7-17)28-14-15-29-21(32)22(33)30(25-23(28)29)16-20(31)27-12-10-26(11-13-27)18-4-2-1-3-5-18/h1-9,23H,10-16H2/q+1. The molecule has 1 unspecified atom stereocenters. The number of hydrogen-bond acceptors (Lipinski definition) is 6. The number of para-hydroxylation sites is 1. The summed E-state index contributed by atoms with van der Waals surface area (Å²) in [6, 6.07) is 15.9. The minimum atomic E-state index is -0.802. The summed E-state index contributed by atoms with van der Waals surface area (Å²) in [5.74, 6) is -2.08. The second kappa shape index (κ2) is 8.61. The van der Waals surface area contributed by atoms with Gasteiger partial charge in [0.2, 0.25) is 0 Å². The van der Waals surface area contributed by atoms with Crippen molar-refractivity contribution in [2.45, 2.75) is 6.29 Å². The second-order valence-corrected chi connectivity index (χ2v) is 8.20. The molecule has 33 heavy (non-hydrogen) atoms. The molecule has 1 atom stereocenters. The molecule has 3 amide bonds. The van der Waals surface area contributed by atoms with Gasteiger partial charge in [0.05, 0.1) is 0 Å². The molecule has 5 rings (SSSR count). The molecule has 9 nitrogen and oxygen atoms in total. The molecule has 3 aliphatic rings. The van der Waals surface area contributed by atoms with Crippen LogP contribution in [0.1, 0.15) is 0 Å². The number of amides is 3. The average molecular weight is 451 g/mol. The largest absolute Gasteiger partial charge is 0.502 e. The third-order valence-electron chi connectivity index (χ3n) is 6.26. The van der Waals surface area contributed by atoms with Crippen LogP contribution in [0.25, 0.3) is 0 Å². The molecule has 2 aromatic carbocycles. The molecule has 2 aromatic rings. The van der Waals surface area contributed by atoms with Gasteiger partial charge in [-0.25, -0.2) is 9.18 Å². The Morgan fingerprint density at radius 3 is 2.24 bits per heavy atom. The monoisotopic (exact) mass is 451 g/mol. The normalized spacial score (nSPS) is 20.8. The number of benzene rings is 2. The number of azo groups is 2. The predicted octanol–water partition coefficient (Wildman–Crippen LogP) is 1.11. The van der Waals surface area contributed by atoms with Crippen molar-refractivity contribution in [3.63, 3.8) is 0 Å². The molecule has 0 spiro atoms. The molecular formula is C23H24FN6O3+. The molecule has 2 fully saturated rings. The van der Waals surface area contributed by atoms with E-state index in [4.69, 9.17) is 0 Å². The van der Waals surface area contributed by atoms with E-state index in [-0.39, 0.29) is 18.3 Å². The van der Waals surface area contributed by atoms with E-state index in [0.717, 1.165) is 10.4 Å². The summed E-state index contributed by atoms with van der Waals surface area (Å²) < 4.78 is 14.3. The maximum absolute atomic E-state index is 13.3. The summed E-state index contributed by atoms with van der Waals surface area (Å²) in [7, 11) is 0. The van der Waals surface area contributed by atoms with E-state index in [9.17, 15) is 18.8 Å². The van der Waals surface area contributed by atoms with Crippen molar-refractivity contribution in [3.05, 3.63) is 60.4 Å². The van der Waals surface area contributed by atoms with Crippen LogP contribution >= 0.6 is 0 Å². The zero-order valence-electron chi connectivity index (χ0n) is 18.0. The Balaban J connectivity index is 1.28. The minimum Gasteiger partial charge on any atom is -0.368 e. The summed E-state index contributed by atoms with van der Waals surface area (Å²) in [4.78, 5) is 45.3. The Kier molecular flexibility index (Phi) is 5.49. The quantitative estimate of drug-likeness (QED) is 0.514. The van der Waals surface area contributed by atoms with Crippen molar-refractivity contribution in [3.8, 4) is 0 Å². The van der Waals surface area contributed by atoms with Crippen molar-refractivity contribution in [2.75, 3.05) is 55.6 Å². The molecule has 0 aliphatic carbocycles. The Morgan fingerprint density at radius 2 is 1.55 bits per heavy atom. The summed E-state index contributed by atoms with van der Waals surface area (Å²) >= 11 is 0. The first-order chi connectivity index (χ1) is 16.0. The van der Waals surface area contributed by atoms with Crippen molar-refractivity contribution in [2.24, 2.45) is 5.11 Å². The van der Waals surface area contributed by atoms with Crippen LogP contribution in [0.2, 0.25) is 0 Å². The first kappa shape index (κ1) is 21.0. The molecule has 0 aromatic heterocycles. The summed E-state index contributed by atoms with van der Waals surface area (Å²) in [5.41, 5.74) is 1.80. The van der Waals surface area contributed by atoms with Crippen LogP contribution in [0.15, 0.2) is 59.7 Å². The number of piperazine rings is 1. The molecule has 0 N–H and O–H groups in total. The lowest BCUT2D eigenvalue weighted by Gasteiger charge is -2.35. The molecule has 170 valence electrons. The number of hydrogen-bond donors (Lipinski definition) is 0. The van der Waals surface area contributed by atoms with E-state index in [1.54, 1.807) is 17.0 Å². The van der Waals surface area contributed by atoms with E-state index in [1.807, 2.05) is 35.2 Å². The summed E-state index contributed by atoms with van der Waals surface area (Å²) in [6.45, 7) is 2.95. The zero-order valence-corrected chi connectivity index (χ0v) is 18.0. The molecule has 2 saturated heterocycles. The Hall–Kier alpha value is -3.82. The maximum Gasteiger partial charge on any atom is 0.502 e. The van der Waals surface area contributed by atoms with Crippen LogP contribution in [0.5, 0.6) is 0 Å². The average Bonchev–Trinajstić information content (AvgIpc) is 3.27. The van der Waals surface area contributed by atoms with Gasteiger partial charge in [0, 0.05) is 55.8 Å². The van der Waals surface area contributed by atoms with E-state index in [0.29, 0.717) is 45.0 Å². The van der Waals surface area contributed by atoms with Crippen molar-refractivity contribution in [1.29, 1.82) is 0 Å². The summed E-state index contributed by atoms with van der Waals surface area (Å²) in [6.07, 6.45) is -0.733. The lowest BCUT2D eigenvalue weighted by atomic mass is 10.2. The molecule has 3 heterocycles. The number of nitrogens with zero attached hydrogens (tertiary/aromatic N) is 6. The Morgan fingerprint density at radius 1 is 0.879 bits per heavy atom. The highest BCUT2D eigenvalue weighted by Gasteiger charge is 2.50. The highest BCUT2D eigenvalue weighted by molar-refractivity contribution is 6.31. The molecular weight excluding hydrogens is 427 g/mol. The van der Waals surface area contributed by atoms with Gasteiger partial charge >= 0.3 is 11.8 Å². The van der Waals surface area contributed by atoms with Gasteiger partial charge in [-0.3, -0.25) is 14.5 Å². The minimum absolute atomic E-state index is 0.243. The van der Waals surface area contributed by atoms with Crippen LogP contribution < -0.4 is 9.80 Å². The Labute approximate surface area is 190 Å². The van der Waals surface area contributed by atoms with Gasteiger partial charge in [-0.2, -0.15) is 0 Å². The lowest BCUT2D eigenvalue weighted by Crippen LogP contribution is -2.55. The third kappa shape index (κ3) is 4.04. The summed E-state index contributed by atoms with van der Waals surface area (Å²) in [5, 5.41) is 4.42. The first-order valence-electron chi connectivity index (χ1n) is 10.9. The molecule has 0 bridgehead atoms. The fourth-order valence-electron chi connectivity index (χ4n) is 4.44. The SMILES string of the molecule is O=C(C[N+]1=NC2N(CCN2c2ccc(F)cc2)C(=O)C1=O)N1CCN(c2ccccc2)CC1. The highest BCUT2D eigenvalue weighted by atomic mass is 19.1. The predicted molar refractivity (Wildman–Crippen MR) is 117 cm³/mol. The topological polar surface area (TPSA) is 79.5 Å². The van der Waals surface area contributed by atoms with Crippen molar-refractivity contribution < 1.29 is 23.5 Å². The van der Waals surface area contributed by atoms with Crippen LogP contribution in [0, 0.1) is 5.82 Å². The van der Waals surface area contributed by atoms with Gasteiger partial charge in [0.1, 0.15) is 5.82 Å². The van der Waals surface area contributed by atoms with Crippen molar-refractivity contribution in [1.82, 2.24) is 9.80 Å². The number of halogens is 1. The van der Waals surface area contributed by atoms with Gasteiger partial charge in [-0.1, -0.05) is 18.2 Å². The highest BCUT2D eigenvalue weighted by Crippen LogP contribution is 2.27. The fourth-order valence-corrected chi connectivity index (χ4v) is 4.44. The molecule has 3 aliphatic heterocycles. The van der Waals surface area contributed by atoms with Crippen LogP contribution in [-0.2, 0) is 14.4 Å². The van der Waals surface area contributed by atoms with Crippen LogP contribution in [0.3, 0.4) is 0 Å². The fraction of sp³-hybridized carbons (Fsp3) is 0.348. The van der Waals surface area contributed by atoms with Crippen LogP contribution in [0.4, 0.5) is 15.8 Å². The number of fused-ring (bicyclic) bond motifs is 1. The van der Waals surface area contributed by atoms with E-state index in [1.165, 1.54) is 17.0 Å². The van der Waals surface area contributed by atoms with E-state index in [2.05, 4.69) is 10.0 Å². The Bertz CT molecular complexity index is 1100. The zero-order chi connectivity index (χ0) is 22.9. The number of anilines is 2. The van der Waals surface area contributed by atoms with Gasteiger partial charge < -0.3 is 14.7 Å². The van der Waals surface area contributed by atoms with Crippen LogP contribution in [-0.4, -0.2) is 84.3 Å². The van der Waals surface area contributed by atoms with Gasteiger partial charge in [-0.15, -0.1) is 0 Å². The van der Waals surface area contributed by atoms with Crippen molar-refractivity contribution >= 4 is 29.1 Å². The number of carbonyl (C=O) groups excluding carboxylic acids is 3. The molecule has 10 heteroatoms. The van der Waals surface area contributed by atoms with Gasteiger partial charge in [0.25, 0.3) is 18.7 Å². The van der Waals surface area contributed by atoms with Gasteiger partial charge in [0.15, 0.2) is 0 Å².